The molecule has 3 rings (SSSR count). The van der Waals surface area contributed by atoms with Gasteiger partial charge >= 0.3 is 0 Å². The summed E-state index contributed by atoms with van der Waals surface area (Å²) >= 11 is 0. The number of phenols is 1. The van der Waals surface area contributed by atoms with E-state index in [0.717, 1.165) is 11.1 Å². The lowest BCUT2D eigenvalue weighted by Crippen LogP contribution is -2.20. The van der Waals surface area contributed by atoms with Crippen molar-refractivity contribution in [3.8, 4) is 28.1 Å². The topological polar surface area (TPSA) is 135 Å². The number of hydrogen-bond acceptors (Lipinski definition) is 5. The van der Waals surface area contributed by atoms with Crippen LogP contribution in [0.3, 0.4) is 0 Å². The van der Waals surface area contributed by atoms with E-state index in [-0.39, 0.29) is 22.7 Å². The molecule has 7 heteroatoms. The van der Waals surface area contributed by atoms with Crippen molar-refractivity contribution in [2.75, 3.05) is 5.73 Å². The number of aromatic amines is 1. The van der Waals surface area contributed by atoms with Crippen LogP contribution in [0.25, 0.3) is 22.4 Å². The standard InChI is InChI=1S/C19H18N4O3/c1-9-5-6-14(24)10(2)15(9)11-4-3-7-22-16(11)12-8-13(18(21)25)17(20)23-19(12)26/h3-8,24H,1-2H3,(H2,21,25)(H3,20,23,26). The minimum atomic E-state index is -0.748. The highest BCUT2D eigenvalue weighted by Crippen LogP contribution is 2.36. The van der Waals surface area contributed by atoms with E-state index in [9.17, 15) is 14.7 Å². The van der Waals surface area contributed by atoms with Gasteiger partial charge in [0, 0.05) is 11.8 Å². The van der Waals surface area contributed by atoms with E-state index in [2.05, 4.69) is 9.97 Å². The van der Waals surface area contributed by atoms with Gasteiger partial charge in [0.15, 0.2) is 0 Å². The quantitative estimate of drug-likeness (QED) is 0.574. The van der Waals surface area contributed by atoms with Crippen molar-refractivity contribution in [3.05, 3.63) is 63.6 Å². The van der Waals surface area contributed by atoms with Crippen LogP contribution in [0.15, 0.2) is 41.3 Å². The molecule has 132 valence electrons. The normalized spacial score (nSPS) is 10.7. The fourth-order valence-electron chi connectivity index (χ4n) is 3.00. The summed E-state index contributed by atoms with van der Waals surface area (Å²) in [7, 11) is 0. The minimum Gasteiger partial charge on any atom is -0.508 e. The number of anilines is 1. The van der Waals surface area contributed by atoms with Gasteiger partial charge in [-0.15, -0.1) is 0 Å². The smallest absolute Gasteiger partial charge is 0.259 e. The predicted octanol–water partition coefficient (Wildman–Crippen LogP) is 2.11. The second kappa shape index (κ2) is 6.36. The SMILES string of the molecule is Cc1ccc(O)c(C)c1-c1cccnc1-c1cc(C(N)=O)c(N)[nH]c1=O. The molecule has 0 fully saturated rings. The first-order chi connectivity index (χ1) is 12.3. The number of pyridine rings is 2. The molecule has 1 aromatic carbocycles. The van der Waals surface area contributed by atoms with Crippen LogP contribution >= 0.6 is 0 Å². The number of aromatic nitrogens is 2. The van der Waals surface area contributed by atoms with Crippen LogP contribution in [0.2, 0.25) is 0 Å². The van der Waals surface area contributed by atoms with Crippen molar-refractivity contribution >= 4 is 11.7 Å². The molecule has 0 unspecified atom stereocenters. The van der Waals surface area contributed by atoms with Crippen molar-refractivity contribution in [2.24, 2.45) is 5.73 Å². The molecule has 3 aromatic rings. The number of H-pyrrole nitrogens is 1. The van der Waals surface area contributed by atoms with Gasteiger partial charge in [0.2, 0.25) is 0 Å². The van der Waals surface area contributed by atoms with Crippen LogP contribution in [-0.4, -0.2) is 21.0 Å². The number of nitrogen functional groups attached to an aromatic ring is 1. The molecule has 6 N–H and O–H groups in total. The van der Waals surface area contributed by atoms with Gasteiger partial charge in [0.05, 0.1) is 16.8 Å². The molecule has 0 atom stereocenters. The molecule has 0 aliphatic heterocycles. The van der Waals surface area contributed by atoms with Gasteiger partial charge in [-0.25, -0.2) is 0 Å². The highest BCUT2D eigenvalue weighted by Gasteiger charge is 2.19. The zero-order chi connectivity index (χ0) is 19.0. The van der Waals surface area contributed by atoms with Gasteiger partial charge in [0.1, 0.15) is 11.6 Å². The summed E-state index contributed by atoms with van der Waals surface area (Å²) in [4.78, 5) is 30.8. The number of carbonyl (C=O) groups excluding carboxylic acids is 1. The number of nitrogens with zero attached hydrogens (tertiary/aromatic N) is 1. The van der Waals surface area contributed by atoms with E-state index >= 15 is 0 Å². The molecule has 1 amide bonds. The largest absolute Gasteiger partial charge is 0.508 e. The molecule has 2 aromatic heterocycles. The average molecular weight is 350 g/mol. The molecule has 0 radical (unpaired) electrons. The highest BCUT2D eigenvalue weighted by molar-refractivity contribution is 5.98. The van der Waals surface area contributed by atoms with E-state index in [1.54, 1.807) is 37.4 Å². The number of phenolic OH excluding ortho intramolecular Hbond substituents is 1. The van der Waals surface area contributed by atoms with Crippen LogP contribution in [0.4, 0.5) is 5.82 Å². The van der Waals surface area contributed by atoms with Gasteiger partial charge in [-0.3, -0.25) is 14.6 Å². The zero-order valence-corrected chi connectivity index (χ0v) is 14.3. The van der Waals surface area contributed by atoms with Gasteiger partial charge in [-0.2, -0.15) is 0 Å². The first kappa shape index (κ1) is 17.2. The van der Waals surface area contributed by atoms with Gasteiger partial charge in [-0.1, -0.05) is 12.1 Å². The molecular formula is C19H18N4O3. The van der Waals surface area contributed by atoms with Crippen molar-refractivity contribution in [2.45, 2.75) is 13.8 Å². The Kier molecular flexibility index (Phi) is 4.21. The maximum atomic E-state index is 12.5. The second-order valence-electron chi connectivity index (χ2n) is 6.00. The number of aryl methyl sites for hydroxylation is 1. The third kappa shape index (κ3) is 2.79. The maximum absolute atomic E-state index is 12.5. The Morgan fingerprint density at radius 1 is 1.19 bits per heavy atom. The lowest BCUT2D eigenvalue weighted by atomic mass is 9.92. The maximum Gasteiger partial charge on any atom is 0.259 e. The Morgan fingerprint density at radius 2 is 1.92 bits per heavy atom. The third-order valence-electron chi connectivity index (χ3n) is 4.31. The number of rotatable bonds is 3. The Bertz CT molecular complexity index is 1090. The number of primary amides is 1. The van der Waals surface area contributed by atoms with Gasteiger partial charge < -0.3 is 21.6 Å². The molecule has 0 bridgehead atoms. The first-order valence-electron chi connectivity index (χ1n) is 7.88. The number of hydrogen-bond donors (Lipinski definition) is 4. The molecule has 0 aliphatic carbocycles. The Morgan fingerprint density at radius 3 is 2.62 bits per heavy atom. The monoisotopic (exact) mass is 350 g/mol. The number of carbonyl (C=O) groups is 1. The van der Waals surface area contributed by atoms with Crippen LogP contribution in [0.1, 0.15) is 21.5 Å². The molecule has 0 saturated carbocycles. The average Bonchev–Trinajstić information content (AvgIpc) is 2.59. The fourth-order valence-corrected chi connectivity index (χ4v) is 3.00. The van der Waals surface area contributed by atoms with E-state index in [1.807, 2.05) is 6.92 Å². The van der Waals surface area contributed by atoms with Crippen LogP contribution in [0, 0.1) is 13.8 Å². The van der Waals surface area contributed by atoms with Gasteiger partial charge in [0.25, 0.3) is 11.5 Å². The molecular weight excluding hydrogens is 332 g/mol. The summed E-state index contributed by atoms with van der Waals surface area (Å²) in [6.45, 7) is 3.69. The van der Waals surface area contributed by atoms with Crippen molar-refractivity contribution < 1.29 is 9.90 Å². The van der Waals surface area contributed by atoms with E-state index in [0.29, 0.717) is 16.8 Å². The lowest BCUT2D eigenvalue weighted by Gasteiger charge is -2.15. The lowest BCUT2D eigenvalue weighted by molar-refractivity contribution is 0.100. The zero-order valence-electron chi connectivity index (χ0n) is 14.3. The Labute approximate surface area is 149 Å². The molecule has 0 spiro atoms. The Balaban J connectivity index is 2.35. The van der Waals surface area contributed by atoms with Crippen LogP contribution in [0.5, 0.6) is 5.75 Å². The predicted molar refractivity (Wildman–Crippen MR) is 99.8 cm³/mol. The van der Waals surface area contributed by atoms with Gasteiger partial charge in [-0.05, 0) is 48.7 Å². The summed E-state index contributed by atoms with van der Waals surface area (Å²) in [6, 6.07) is 8.29. The van der Waals surface area contributed by atoms with Crippen LogP contribution in [-0.2, 0) is 0 Å². The van der Waals surface area contributed by atoms with Crippen molar-refractivity contribution in [3.63, 3.8) is 0 Å². The minimum absolute atomic E-state index is 0.0144. The second-order valence-corrected chi connectivity index (χ2v) is 6.00. The number of benzene rings is 1. The highest BCUT2D eigenvalue weighted by atomic mass is 16.3. The summed E-state index contributed by atoms with van der Waals surface area (Å²) in [5.41, 5.74) is 14.1. The van der Waals surface area contributed by atoms with Crippen molar-refractivity contribution in [1.29, 1.82) is 0 Å². The number of nitrogens with two attached hydrogens (primary N) is 2. The number of amides is 1. The molecule has 2 heterocycles. The first-order valence-corrected chi connectivity index (χ1v) is 7.88. The molecule has 26 heavy (non-hydrogen) atoms. The summed E-state index contributed by atoms with van der Waals surface area (Å²) in [6.07, 6.45) is 1.55. The number of nitrogens with one attached hydrogen (secondary N) is 1. The van der Waals surface area contributed by atoms with Crippen molar-refractivity contribution in [1.82, 2.24) is 9.97 Å². The Hall–Kier alpha value is -3.61. The van der Waals surface area contributed by atoms with E-state index in [4.69, 9.17) is 11.5 Å². The molecule has 0 aliphatic rings. The third-order valence-corrected chi connectivity index (χ3v) is 4.31. The van der Waals surface area contributed by atoms with E-state index in [1.165, 1.54) is 6.07 Å². The van der Waals surface area contributed by atoms with E-state index < -0.39 is 11.5 Å². The summed E-state index contributed by atoms with van der Waals surface area (Å²) in [5, 5.41) is 10.1. The molecule has 0 saturated heterocycles. The summed E-state index contributed by atoms with van der Waals surface area (Å²) < 4.78 is 0. The fraction of sp³-hybridized carbons (Fsp3) is 0.105. The number of aromatic hydroxyl groups is 1. The molecule has 7 nitrogen and oxygen atoms in total. The summed E-state index contributed by atoms with van der Waals surface area (Å²) in [5.74, 6) is -0.694. The van der Waals surface area contributed by atoms with Crippen LogP contribution < -0.4 is 17.0 Å².